The summed E-state index contributed by atoms with van der Waals surface area (Å²) in [5, 5.41) is 2.85. The van der Waals surface area contributed by atoms with E-state index >= 15 is 0 Å². The van der Waals surface area contributed by atoms with Crippen molar-refractivity contribution in [1.29, 1.82) is 0 Å². The quantitative estimate of drug-likeness (QED) is 0.650. The van der Waals surface area contributed by atoms with Gasteiger partial charge in [0.25, 0.3) is 0 Å². The van der Waals surface area contributed by atoms with E-state index in [9.17, 15) is 17.6 Å². The highest BCUT2D eigenvalue weighted by molar-refractivity contribution is 7.92. The molecular weight excluding hydrogens is 411 g/mol. The number of halogens is 1. The summed E-state index contributed by atoms with van der Waals surface area (Å²) in [5.74, 6) is -0.210. The highest BCUT2D eigenvalue weighted by Crippen LogP contribution is 2.31. The number of methoxy groups -OCH3 is 2. The number of carbonyl (C=O) groups is 1. The first-order valence-electron chi connectivity index (χ1n) is 9.40. The maximum absolute atomic E-state index is 14.3. The summed E-state index contributed by atoms with van der Waals surface area (Å²) in [6.45, 7) is 3.31. The molecule has 0 heterocycles. The first-order valence-corrected chi connectivity index (χ1v) is 11.2. The lowest BCUT2D eigenvalue weighted by atomic mass is 10.0. The van der Waals surface area contributed by atoms with Gasteiger partial charge in [-0.2, -0.15) is 0 Å². The van der Waals surface area contributed by atoms with Crippen molar-refractivity contribution in [3.05, 3.63) is 53.8 Å². The molecule has 2 atom stereocenters. The molecule has 0 saturated heterocycles. The average molecular weight is 439 g/mol. The van der Waals surface area contributed by atoms with Crippen molar-refractivity contribution >= 4 is 21.6 Å². The Balaban J connectivity index is 2.32. The van der Waals surface area contributed by atoms with Crippen LogP contribution in [0.4, 0.5) is 10.1 Å². The van der Waals surface area contributed by atoms with E-state index in [2.05, 4.69) is 5.32 Å². The van der Waals surface area contributed by atoms with Gasteiger partial charge in [0.2, 0.25) is 15.9 Å². The van der Waals surface area contributed by atoms with Crippen LogP contribution in [0.3, 0.4) is 0 Å². The Hall–Kier alpha value is -2.81. The van der Waals surface area contributed by atoms with Gasteiger partial charge in [0.15, 0.2) is 11.5 Å². The molecule has 30 heavy (non-hydrogen) atoms. The summed E-state index contributed by atoms with van der Waals surface area (Å²) in [6.07, 6.45) is 1.49. The maximum Gasteiger partial charge on any atom is 0.244 e. The molecule has 2 rings (SSSR count). The first-order chi connectivity index (χ1) is 14.1. The van der Waals surface area contributed by atoms with Crippen LogP contribution in [0, 0.1) is 5.82 Å². The zero-order valence-corrected chi connectivity index (χ0v) is 18.5. The number of sulfonamides is 1. The van der Waals surface area contributed by atoms with Crippen molar-refractivity contribution in [2.75, 3.05) is 24.8 Å². The normalized spacial score (nSPS) is 13.3. The molecule has 1 N–H and O–H groups in total. The summed E-state index contributed by atoms with van der Waals surface area (Å²) in [6, 6.07) is 9.16. The van der Waals surface area contributed by atoms with Gasteiger partial charge in [-0.1, -0.05) is 25.1 Å². The average Bonchev–Trinajstić information content (AvgIpc) is 2.71. The first kappa shape index (κ1) is 23.5. The molecule has 0 radical (unpaired) electrons. The van der Waals surface area contributed by atoms with Gasteiger partial charge in [0, 0.05) is 0 Å². The van der Waals surface area contributed by atoms with Gasteiger partial charge in [0.05, 0.1) is 32.2 Å². The van der Waals surface area contributed by atoms with Crippen molar-refractivity contribution in [2.45, 2.75) is 32.4 Å². The minimum atomic E-state index is -3.92. The van der Waals surface area contributed by atoms with Crippen LogP contribution in [-0.2, 0) is 14.8 Å². The SMILES string of the molecule is CC[C@H](NC(=O)[C@@H](C)N(c1ccccc1F)S(C)(=O)=O)c1ccc(OC)c(OC)c1. The Morgan fingerprint density at radius 1 is 1.13 bits per heavy atom. The number of ether oxygens (including phenoxy) is 2. The van der Waals surface area contributed by atoms with Crippen molar-refractivity contribution in [3.8, 4) is 11.5 Å². The molecule has 0 aliphatic rings. The molecule has 0 aromatic heterocycles. The van der Waals surface area contributed by atoms with E-state index in [1.54, 1.807) is 18.2 Å². The van der Waals surface area contributed by atoms with Crippen LogP contribution in [0.15, 0.2) is 42.5 Å². The summed E-state index contributed by atoms with van der Waals surface area (Å²) >= 11 is 0. The number of amides is 1. The van der Waals surface area contributed by atoms with E-state index in [1.807, 2.05) is 6.92 Å². The molecular formula is C21H27FN2O5S. The zero-order chi connectivity index (χ0) is 22.5. The molecule has 2 aromatic rings. The van der Waals surface area contributed by atoms with Gasteiger partial charge < -0.3 is 14.8 Å². The number of anilines is 1. The van der Waals surface area contributed by atoms with Crippen LogP contribution in [0.5, 0.6) is 11.5 Å². The van der Waals surface area contributed by atoms with E-state index in [4.69, 9.17) is 9.47 Å². The van der Waals surface area contributed by atoms with Crippen LogP contribution in [0.1, 0.15) is 31.9 Å². The van der Waals surface area contributed by atoms with Crippen molar-refractivity contribution in [2.24, 2.45) is 0 Å². The molecule has 0 unspecified atom stereocenters. The molecule has 0 spiro atoms. The number of nitrogens with zero attached hydrogens (tertiary/aromatic N) is 1. The fourth-order valence-corrected chi connectivity index (χ4v) is 4.37. The second-order valence-corrected chi connectivity index (χ2v) is 8.63. The van der Waals surface area contributed by atoms with Gasteiger partial charge in [0.1, 0.15) is 11.9 Å². The molecule has 0 bridgehead atoms. The Kier molecular flexibility index (Phi) is 7.66. The fraction of sp³-hybridized carbons (Fsp3) is 0.381. The molecule has 0 aliphatic heterocycles. The lowest BCUT2D eigenvalue weighted by molar-refractivity contribution is -0.122. The third-order valence-corrected chi connectivity index (χ3v) is 5.94. The van der Waals surface area contributed by atoms with Gasteiger partial charge in [-0.15, -0.1) is 0 Å². The van der Waals surface area contributed by atoms with Crippen LogP contribution in [-0.4, -0.2) is 40.8 Å². The predicted octanol–water partition coefficient (Wildman–Crippen LogP) is 3.26. The van der Waals surface area contributed by atoms with E-state index in [0.29, 0.717) is 17.9 Å². The lowest BCUT2D eigenvalue weighted by Gasteiger charge is -2.30. The molecule has 2 aromatic carbocycles. The summed E-state index contributed by atoms with van der Waals surface area (Å²) in [4.78, 5) is 12.9. The number of benzene rings is 2. The van der Waals surface area contributed by atoms with Gasteiger partial charge >= 0.3 is 0 Å². The second kappa shape index (κ2) is 9.80. The maximum atomic E-state index is 14.3. The summed E-state index contributed by atoms with van der Waals surface area (Å²) < 4.78 is 50.3. The Morgan fingerprint density at radius 2 is 1.77 bits per heavy atom. The minimum absolute atomic E-state index is 0.179. The summed E-state index contributed by atoms with van der Waals surface area (Å²) in [5.41, 5.74) is 0.592. The third kappa shape index (κ3) is 5.21. The second-order valence-electron chi connectivity index (χ2n) is 6.77. The summed E-state index contributed by atoms with van der Waals surface area (Å²) in [7, 11) is -0.872. The topological polar surface area (TPSA) is 84.9 Å². The number of carbonyl (C=O) groups excluding carboxylic acids is 1. The van der Waals surface area contributed by atoms with Gasteiger partial charge in [-0.3, -0.25) is 9.10 Å². The predicted molar refractivity (Wildman–Crippen MR) is 114 cm³/mol. The van der Waals surface area contributed by atoms with Gasteiger partial charge in [-0.25, -0.2) is 12.8 Å². The number of nitrogens with one attached hydrogen (secondary N) is 1. The Labute approximate surface area is 176 Å². The number of hydrogen-bond acceptors (Lipinski definition) is 5. The molecule has 0 fully saturated rings. The van der Waals surface area contributed by atoms with E-state index in [1.165, 1.54) is 39.3 Å². The number of hydrogen-bond donors (Lipinski definition) is 1. The third-order valence-electron chi connectivity index (χ3n) is 4.71. The highest BCUT2D eigenvalue weighted by Gasteiger charge is 2.32. The molecule has 0 aliphatic carbocycles. The van der Waals surface area contributed by atoms with Crippen LogP contribution in [0.25, 0.3) is 0 Å². The monoisotopic (exact) mass is 438 g/mol. The lowest BCUT2D eigenvalue weighted by Crippen LogP contribution is -2.48. The standard InChI is InChI=1S/C21H27FN2O5S/c1-6-17(15-11-12-19(28-3)20(13-15)29-4)23-21(25)14(2)24(30(5,26)27)18-10-8-7-9-16(18)22/h7-14,17H,6H2,1-5H3,(H,23,25)/t14-,17+/m1/s1. The highest BCUT2D eigenvalue weighted by atomic mass is 32.2. The molecule has 0 saturated carbocycles. The Bertz CT molecular complexity index is 997. The molecule has 164 valence electrons. The van der Waals surface area contributed by atoms with Crippen molar-refractivity contribution in [3.63, 3.8) is 0 Å². The number of rotatable bonds is 9. The number of para-hydroxylation sites is 1. The van der Waals surface area contributed by atoms with Crippen LogP contribution < -0.4 is 19.1 Å². The van der Waals surface area contributed by atoms with Crippen molar-refractivity contribution < 1.29 is 27.1 Å². The van der Waals surface area contributed by atoms with Crippen LogP contribution in [0.2, 0.25) is 0 Å². The van der Waals surface area contributed by atoms with Gasteiger partial charge in [-0.05, 0) is 43.2 Å². The van der Waals surface area contributed by atoms with E-state index in [-0.39, 0.29) is 5.69 Å². The van der Waals surface area contributed by atoms with Crippen molar-refractivity contribution in [1.82, 2.24) is 5.32 Å². The zero-order valence-electron chi connectivity index (χ0n) is 17.7. The minimum Gasteiger partial charge on any atom is -0.493 e. The molecule has 9 heteroatoms. The van der Waals surface area contributed by atoms with E-state index in [0.717, 1.165) is 22.2 Å². The van der Waals surface area contributed by atoms with Crippen LogP contribution >= 0.6 is 0 Å². The molecule has 7 nitrogen and oxygen atoms in total. The smallest absolute Gasteiger partial charge is 0.244 e. The Morgan fingerprint density at radius 3 is 2.30 bits per heavy atom. The largest absolute Gasteiger partial charge is 0.493 e. The fourth-order valence-electron chi connectivity index (χ4n) is 3.19. The molecule has 1 amide bonds. The van der Waals surface area contributed by atoms with E-state index < -0.39 is 33.8 Å².